The summed E-state index contributed by atoms with van der Waals surface area (Å²) in [6, 6.07) is 15.5. The molecule has 1 nitrogen and oxygen atoms in total. The summed E-state index contributed by atoms with van der Waals surface area (Å²) in [6.45, 7) is 4.27. The van der Waals surface area contributed by atoms with Gasteiger partial charge in [0.25, 0.3) is 0 Å². The molecule has 19 heavy (non-hydrogen) atoms. The van der Waals surface area contributed by atoms with Crippen LogP contribution in [0.3, 0.4) is 0 Å². The van der Waals surface area contributed by atoms with E-state index >= 15 is 0 Å². The van der Waals surface area contributed by atoms with Crippen molar-refractivity contribution in [1.82, 2.24) is 0 Å². The minimum absolute atomic E-state index is 0.196. The second-order valence-corrected chi connectivity index (χ2v) is 5.08. The van der Waals surface area contributed by atoms with Crippen LogP contribution < -0.4 is 5.32 Å². The van der Waals surface area contributed by atoms with Gasteiger partial charge in [0.2, 0.25) is 0 Å². The number of anilines is 1. The first-order chi connectivity index (χ1) is 9.13. The van der Waals surface area contributed by atoms with Crippen molar-refractivity contribution in [2.75, 3.05) is 5.32 Å². The molecular weight excluding hydrogens is 237 g/mol. The van der Waals surface area contributed by atoms with Crippen molar-refractivity contribution in [3.63, 3.8) is 0 Å². The van der Waals surface area contributed by atoms with Crippen LogP contribution in [-0.4, -0.2) is 6.04 Å². The highest BCUT2D eigenvalue weighted by atomic mass is 19.1. The van der Waals surface area contributed by atoms with Gasteiger partial charge < -0.3 is 5.32 Å². The van der Waals surface area contributed by atoms with E-state index in [1.54, 1.807) is 12.1 Å². The topological polar surface area (TPSA) is 12.0 Å². The molecule has 0 aromatic heterocycles. The SMILES string of the molecule is Cc1cccc(CCC(C)Nc2ccc(F)cc2)c1. The van der Waals surface area contributed by atoms with Crippen molar-refractivity contribution in [3.8, 4) is 0 Å². The predicted octanol–water partition coefficient (Wildman–Crippen LogP) is 4.57. The fourth-order valence-corrected chi connectivity index (χ4v) is 2.15. The Labute approximate surface area is 114 Å². The molecule has 0 saturated heterocycles. The van der Waals surface area contributed by atoms with E-state index in [9.17, 15) is 4.39 Å². The van der Waals surface area contributed by atoms with Crippen LogP contribution >= 0.6 is 0 Å². The van der Waals surface area contributed by atoms with E-state index < -0.39 is 0 Å². The molecule has 0 aliphatic rings. The van der Waals surface area contributed by atoms with Gasteiger partial charge in [0.05, 0.1) is 0 Å². The summed E-state index contributed by atoms with van der Waals surface area (Å²) in [5, 5.41) is 3.39. The zero-order chi connectivity index (χ0) is 13.7. The van der Waals surface area contributed by atoms with E-state index in [1.807, 2.05) is 0 Å². The standard InChI is InChI=1S/C17H20FN/c1-13-4-3-5-15(12-13)7-6-14(2)19-17-10-8-16(18)9-11-17/h3-5,8-12,14,19H,6-7H2,1-2H3. The minimum atomic E-state index is -0.196. The van der Waals surface area contributed by atoms with E-state index in [2.05, 4.69) is 43.4 Å². The van der Waals surface area contributed by atoms with Crippen LogP contribution in [0.15, 0.2) is 48.5 Å². The first-order valence-corrected chi connectivity index (χ1v) is 6.71. The molecule has 0 amide bonds. The first-order valence-electron chi connectivity index (χ1n) is 6.71. The lowest BCUT2D eigenvalue weighted by Crippen LogP contribution is -2.15. The van der Waals surface area contributed by atoms with Gasteiger partial charge in [0, 0.05) is 11.7 Å². The molecule has 2 rings (SSSR count). The van der Waals surface area contributed by atoms with Gasteiger partial charge in [-0.15, -0.1) is 0 Å². The van der Waals surface area contributed by atoms with Gasteiger partial charge in [-0.1, -0.05) is 29.8 Å². The van der Waals surface area contributed by atoms with Crippen LogP contribution in [-0.2, 0) is 6.42 Å². The quantitative estimate of drug-likeness (QED) is 0.827. The Morgan fingerprint density at radius 3 is 2.53 bits per heavy atom. The first kappa shape index (κ1) is 13.6. The molecule has 1 N–H and O–H groups in total. The van der Waals surface area contributed by atoms with E-state index in [4.69, 9.17) is 0 Å². The molecule has 1 atom stereocenters. The van der Waals surface area contributed by atoms with E-state index in [1.165, 1.54) is 23.3 Å². The molecule has 2 heteroatoms. The van der Waals surface area contributed by atoms with Gasteiger partial charge in [-0.3, -0.25) is 0 Å². The number of hydrogen-bond acceptors (Lipinski definition) is 1. The molecule has 0 spiro atoms. The van der Waals surface area contributed by atoms with Crippen molar-refractivity contribution in [2.24, 2.45) is 0 Å². The highest BCUT2D eigenvalue weighted by Gasteiger charge is 2.03. The lowest BCUT2D eigenvalue weighted by molar-refractivity contribution is 0.627. The van der Waals surface area contributed by atoms with E-state index in [0.29, 0.717) is 6.04 Å². The second kappa shape index (κ2) is 6.37. The third kappa shape index (κ3) is 4.40. The third-order valence-electron chi connectivity index (χ3n) is 3.21. The Hall–Kier alpha value is -1.83. The summed E-state index contributed by atoms with van der Waals surface area (Å²) in [5.41, 5.74) is 3.64. The molecule has 2 aromatic carbocycles. The summed E-state index contributed by atoms with van der Waals surface area (Å²) in [7, 11) is 0. The number of halogens is 1. The average Bonchev–Trinajstić information content (AvgIpc) is 2.39. The van der Waals surface area contributed by atoms with Crippen LogP contribution in [0.25, 0.3) is 0 Å². The highest BCUT2D eigenvalue weighted by molar-refractivity contribution is 5.43. The number of hydrogen-bond donors (Lipinski definition) is 1. The van der Waals surface area contributed by atoms with Crippen LogP contribution in [0.1, 0.15) is 24.5 Å². The molecular formula is C17H20FN. The Kier molecular flexibility index (Phi) is 4.56. The number of aryl methyl sites for hydroxylation is 2. The average molecular weight is 257 g/mol. The highest BCUT2D eigenvalue weighted by Crippen LogP contribution is 2.13. The monoisotopic (exact) mass is 257 g/mol. The number of rotatable bonds is 5. The third-order valence-corrected chi connectivity index (χ3v) is 3.21. The Morgan fingerprint density at radius 1 is 1.11 bits per heavy atom. The molecule has 0 radical (unpaired) electrons. The van der Waals surface area contributed by atoms with Crippen molar-refractivity contribution in [2.45, 2.75) is 32.7 Å². The maximum atomic E-state index is 12.8. The molecule has 0 aliphatic heterocycles. The number of benzene rings is 2. The Balaban J connectivity index is 1.84. The summed E-state index contributed by atoms with van der Waals surface area (Å²) in [4.78, 5) is 0. The maximum Gasteiger partial charge on any atom is 0.123 e. The van der Waals surface area contributed by atoms with Crippen LogP contribution in [0.4, 0.5) is 10.1 Å². The van der Waals surface area contributed by atoms with Crippen molar-refractivity contribution >= 4 is 5.69 Å². The van der Waals surface area contributed by atoms with Gasteiger partial charge in [0.1, 0.15) is 5.82 Å². The lowest BCUT2D eigenvalue weighted by Gasteiger charge is -2.15. The molecule has 0 aliphatic carbocycles. The van der Waals surface area contributed by atoms with Crippen LogP contribution in [0, 0.1) is 12.7 Å². The minimum Gasteiger partial charge on any atom is -0.383 e. The van der Waals surface area contributed by atoms with E-state index in [0.717, 1.165) is 18.5 Å². The van der Waals surface area contributed by atoms with Gasteiger partial charge in [-0.2, -0.15) is 0 Å². The van der Waals surface area contributed by atoms with E-state index in [-0.39, 0.29) is 5.82 Å². The molecule has 0 fully saturated rings. The van der Waals surface area contributed by atoms with Crippen LogP contribution in [0.2, 0.25) is 0 Å². The smallest absolute Gasteiger partial charge is 0.123 e. The summed E-state index contributed by atoms with van der Waals surface area (Å²) >= 11 is 0. The largest absolute Gasteiger partial charge is 0.383 e. The molecule has 100 valence electrons. The van der Waals surface area contributed by atoms with Crippen LogP contribution in [0.5, 0.6) is 0 Å². The zero-order valence-electron chi connectivity index (χ0n) is 11.5. The van der Waals surface area contributed by atoms with Crippen molar-refractivity contribution < 1.29 is 4.39 Å². The van der Waals surface area contributed by atoms with Gasteiger partial charge in [-0.25, -0.2) is 4.39 Å². The Bertz CT molecular complexity index is 519. The molecule has 0 bridgehead atoms. The fraction of sp³-hybridized carbons (Fsp3) is 0.294. The predicted molar refractivity (Wildman–Crippen MR) is 79.0 cm³/mol. The fourth-order valence-electron chi connectivity index (χ4n) is 2.15. The number of nitrogens with one attached hydrogen (secondary N) is 1. The molecule has 0 saturated carbocycles. The van der Waals surface area contributed by atoms with Crippen molar-refractivity contribution in [1.29, 1.82) is 0 Å². The van der Waals surface area contributed by atoms with Gasteiger partial charge >= 0.3 is 0 Å². The summed E-state index contributed by atoms with van der Waals surface area (Å²) in [6.07, 6.45) is 2.11. The summed E-state index contributed by atoms with van der Waals surface area (Å²) < 4.78 is 12.8. The summed E-state index contributed by atoms with van der Waals surface area (Å²) in [5.74, 6) is -0.196. The second-order valence-electron chi connectivity index (χ2n) is 5.08. The van der Waals surface area contributed by atoms with Gasteiger partial charge in [0.15, 0.2) is 0 Å². The van der Waals surface area contributed by atoms with Crippen molar-refractivity contribution in [3.05, 3.63) is 65.5 Å². The molecule has 2 aromatic rings. The normalized spacial score (nSPS) is 12.2. The molecule has 1 unspecified atom stereocenters. The zero-order valence-corrected chi connectivity index (χ0v) is 11.5. The maximum absolute atomic E-state index is 12.8. The van der Waals surface area contributed by atoms with Gasteiger partial charge in [-0.05, 0) is 56.5 Å². The molecule has 0 heterocycles. The lowest BCUT2D eigenvalue weighted by atomic mass is 10.0. The Morgan fingerprint density at radius 2 is 1.84 bits per heavy atom.